The molecule has 0 radical (unpaired) electrons. The summed E-state index contributed by atoms with van der Waals surface area (Å²) in [6.45, 7) is 0. The number of nitrogens with zero attached hydrogens (tertiary/aromatic N) is 1. The van der Waals surface area contributed by atoms with Crippen molar-refractivity contribution in [2.75, 3.05) is 0 Å². The van der Waals surface area contributed by atoms with Crippen LogP contribution >= 0.6 is 23.2 Å². The topological polar surface area (TPSA) is 42.2 Å². The highest BCUT2D eigenvalue weighted by molar-refractivity contribution is 6.41. The zero-order valence-corrected chi connectivity index (χ0v) is 14.8. The van der Waals surface area contributed by atoms with E-state index in [0.717, 1.165) is 5.52 Å². The van der Waals surface area contributed by atoms with Gasteiger partial charge in [0, 0.05) is 18.0 Å². The van der Waals surface area contributed by atoms with Crippen LogP contribution in [0.4, 0.5) is 0 Å². The average molecular weight is 370 g/mol. The van der Waals surface area contributed by atoms with Crippen LogP contribution in [0.5, 0.6) is 5.75 Å². The third kappa shape index (κ3) is 2.39. The number of pyridine rings is 1. The highest BCUT2D eigenvalue weighted by Crippen LogP contribution is 2.39. The van der Waals surface area contributed by atoms with E-state index in [4.69, 9.17) is 23.2 Å². The molecule has 3 nitrogen and oxygen atoms in total. The second-order valence-corrected chi connectivity index (χ2v) is 6.71. The van der Waals surface area contributed by atoms with Crippen molar-refractivity contribution in [2.24, 2.45) is 7.05 Å². The molecule has 0 atom stereocenters. The molecule has 1 aromatic heterocycles. The minimum Gasteiger partial charge on any atom is -0.508 e. The first-order chi connectivity index (χ1) is 12.0. The third-order valence-electron chi connectivity index (χ3n) is 4.41. The number of fused-ring (bicyclic) bond motifs is 2. The van der Waals surface area contributed by atoms with Crippen LogP contribution in [0.1, 0.15) is 0 Å². The van der Waals surface area contributed by atoms with Gasteiger partial charge in [-0.2, -0.15) is 0 Å². The Hall–Kier alpha value is -2.49. The molecule has 1 N–H and O–H groups in total. The van der Waals surface area contributed by atoms with Crippen LogP contribution in [0, 0.1) is 0 Å². The Bertz CT molecular complexity index is 1210. The summed E-state index contributed by atoms with van der Waals surface area (Å²) in [6, 6.07) is 15.7. The lowest BCUT2D eigenvalue weighted by Gasteiger charge is -2.16. The van der Waals surface area contributed by atoms with E-state index >= 15 is 0 Å². The number of rotatable bonds is 1. The maximum Gasteiger partial charge on any atom is 0.197 e. The van der Waals surface area contributed by atoms with Gasteiger partial charge in [0.05, 0.1) is 26.5 Å². The SMILES string of the molecule is Cn1c2ccccc2c(=O)c2c(-c3cccc(O)c3)c(Cl)cc(Cl)c21. The number of halogens is 2. The van der Waals surface area contributed by atoms with E-state index in [1.54, 1.807) is 30.3 Å². The zero-order chi connectivity index (χ0) is 17.7. The summed E-state index contributed by atoms with van der Waals surface area (Å²) >= 11 is 12.9. The number of hydrogen-bond donors (Lipinski definition) is 1. The van der Waals surface area contributed by atoms with Crippen molar-refractivity contribution < 1.29 is 5.11 Å². The number of aryl methyl sites for hydroxylation is 1. The van der Waals surface area contributed by atoms with Crippen LogP contribution in [0.25, 0.3) is 32.9 Å². The second-order valence-electron chi connectivity index (χ2n) is 5.89. The van der Waals surface area contributed by atoms with Gasteiger partial charge >= 0.3 is 0 Å². The lowest BCUT2D eigenvalue weighted by molar-refractivity contribution is 0.475. The number of phenolic OH excluding ortho intramolecular Hbond substituents is 1. The van der Waals surface area contributed by atoms with Crippen molar-refractivity contribution in [3.8, 4) is 16.9 Å². The first-order valence-electron chi connectivity index (χ1n) is 7.68. The van der Waals surface area contributed by atoms with E-state index in [1.807, 2.05) is 35.9 Å². The van der Waals surface area contributed by atoms with E-state index in [0.29, 0.717) is 37.5 Å². The first-order valence-corrected chi connectivity index (χ1v) is 8.43. The Kier molecular flexibility index (Phi) is 3.71. The highest BCUT2D eigenvalue weighted by atomic mass is 35.5. The molecule has 0 aliphatic rings. The largest absolute Gasteiger partial charge is 0.508 e. The van der Waals surface area contributed by atoms with Crippen LogP contribution < -0.4 is 5.43 Å². The fourth-order valence-electron chi connectivity index (χ4n) is 3.31. The van der Waals surface area contributed by atoms with Gasteiger partial charge in [-0.3, -0.25) is 4.79 Å². The molecule has 0 spiro atoms. The Balaban J connectivity index is 2.31. The number of benzene rings is 3. The Morgan fingerprint density at radius 1 is 0.960 bits per heavy atom. The summed E-state index contributed by atoms with van der Waals surface area (Å²) in [6.07, 6.45) is 0. The Morgan fingerprint density at radius 2 is 1.72 bits per heavy atom. The first kappa shape index (κ1) is 16.0. The summed E-state index contributed by atoms with van der Waals surface area (Å²) in [7, 11) is 1.87. The normalized spacial score (nSPS) is 11.3. The van der Waals surface area contributed by atoms with E-state index in [2.05, 4.69) is 0 Å². The Morgan fingerprint density at radius 3 is 2.48 bits per heavy atom. The number of aromatic hydroxyl groups is 1. The standard InChI is InChI=1S/C20H13Cl2NO2/c1-23-16-8-3-2-7-13(16)20(25)18-17(11-5-4-6-12(24)9-11)14(21)10-15(22)19(18)23/h2-10,24H,1H3. The Labute approximate surface area is 153 Å². The summed E-state index contributed by atoms with van der Waals surface area (Å²) in [5, 5.41) is 11.7. The smallest absolute Gasteiger partial charge is 0.197 e. The molecule has 0 fully saturated rings. The van der Waals surface area contributed by atoms with Gasteiger partial charge in [-0.05, 0) is 35.9 Å². The zero-order valence-electron chi connectivity index (χ0n) is 13.3. The van der Waals surface area contributed by atoms with Crippen molar-refractivity contribution in [1.29, 1.82) is 0 Å². The lowest BCUT2D eigenvalue weighted by Crippen LogP contribution is -2.11. The van der Waals surface area contributed by atoms with Gasteiger partial charge in [0.2, 0.25) is 0 Å². The summed E-state index contributed by atoms with van der Waals surface area (Å²) < 4.78 is 1.90. The van der Waals surface area contributed by atoms with Crippen molar-refractivity contribution in [2.45, 2.75) is 0 Å². The van der Waals surface area contributed by atoms with Gasteiger partial charge in [-0.25, -0.2) is 0 Å². The molecular weight excluding hydrogens is 357 g/mol. The maximum atomic E-state index is 13.2. The van der Waals surface area contributed by atoms with Gasteiger partial charge in [0.15, 0.2) is 5.43 Å². The summed E-state index contributed by atoms with van der Waals surface area (Å²) in [5.74, 6) is 0.106. The predicted molar refractivity (Wildman–Crippen MR) is 104 cm³/mol. The summed E-state index contributed by atoms with van der Waals surface area (Å²) in [4.78, 5) is 13.2. The number of para-hydroxylation sites is 1. The predicted octanol–water partition coefficient (Wildman–Crippen LogP) is 5.37. The molecular formula is C20H13Cl2NO2. The quantitative estimate of drug-likeness (QED) is 0.458. The molecule has 124 valence electrons. The van der Waals surface area contributed by atoms with Crippen LogP contribution in [-0.4, -0.2) is 9.67 Å². The third-order valence-corrected chi connectivity index (χ3v) is 5.00. The van der Waals surface area contributed by atoms with Gasteiger partial charge in [-0.15, -0.1) is 0 Å². The molecule has 0 amide bonds. The molecule has 0 aliphatic carbocycles. The second kappa shape index (κ2) is 5.80. The van der Waals surface area contributed by atoms with E-state index in [-0.39, 0.29) is 11.2 Å². The van der Waals surface area contributed by atoms with Crippen LogP contribution in [-0.2, 0) is 7.05 Å². The van der Waals surface area contributed by atoms with Gasteiger partial charge in [0.1, 0.15) is 5.75 Å². The van der Waals surface area contributed by atoms with E-state index in [1.165, 1.54) is 0 Å². The van der Waals surface area contributed by atoms with Crippen LogP contribution in [0.15, 0.2) is 59.4 Å². The van der Waals surface area contributed by atoms with Crippen molar-refractivity contribution in [1.82, 2.24) is 4.57 Å². The molecule has 0 saturated heterocycles. The van der Waals surface area contributed by atoms with Crippen LogP contribution in [0.2, 0.25) is 10.0 Å². The number of aromatic nitrogens is 1. The van der Waals surface area contributed by atoms with Crippen molar-refractivity contribution in [3.05, 3.63) is 74.9 Å². The molecule has 5 heteroatoms. The highest BCUT2D eigenvalue weighted by Gasteiger charge is 2.19. The maximum absolute atomic E-state index is 13.2. The molecule has 1 heterocycles. The number of hydrogen-bond acceptors (Lipinski definition) is 2. The van der Waals surface area contributed by atoms with Crippen LogP contribution in [0.3, 0.4) is 0 Å². The fraction of sp³-hybridized carbons (Fsp3) is 0.0500. The van der Waals surface area contributed by atoms with E-state index < -0.39 is 0 Å². The molecule has 0 unspecified atom stereocenters. The summed E-state index contributed by atoms with van der Waals surface area (Å²) in [5.41, 5.74) is 2.52. The average Bonchev–Trinajstić information content (AvgIpc) is 2.59. The molecule has 4 aromatic rings. The number of phenols is 1. The van der Waals surface area contributed by atoms with E-state index in [9.17, 15) is 9.90 Å². The molecule has 4 rings (SSSR count). The minimum atomic E-state index is -0.133. The molecule has 0 bridgehead atoms. The fourth-order valence-corrected chi connectivity index (χ4v) is 4.01. The van der Waals surface area contributed by atoms with Gasteiger partial charge in [-0.1, -0.05) is 47.5 Å². The minimum absolute atomic E-state index is 0.106. The molecule has 0 saturated carbocycles. The van der Waals surface area contributed by atoms with Crippen molar-refractivity contribution in [3.63, 3.8) is 0 Å². The monoisotopic (exact) mass is 369 g/mol. The molecule has 3 aromatic carbocycles. The lowest BCUT2D eigenvalue weighted by atomic mass is 9.98. The van der Waals surface area contributed by atoms with Gasteiger partial charge < -0.3 is 9.67 Å². The molecule has 0 aliphatic heterocycles. The van der Waals surface area contributed by atoms with Gasteiger partial charge in [0.25, 0.3) is 0 Å². The van der Waals surface area contributed by atoms with Crippen molar-refractivity contribution >= 4 is 45.0 Å². The molecule has 25 heavy (non-hydrogen) atoms.